The molecule has 3 heteroatoms. The molecule has 1 aromatic rings. The van der Waals surface area contributed by atoms with Gasteiger partial charge in [0.15, 0.2) is 0 Å². The zero-order valence-corrected chi connectivity index (χ0v) is 12.3. The summed E-state index contributed by atoms with van der Waals surface area (Å²) in [6.45, 7) is 2.82. The smallest absolute Gasteiger partial charge is 0.125 e. The molecular weight excluding hydrogens is 238 g/mol. The van der Waals surface area contributed by atoms with Gasteiger partial charge in [-0.15, -0.1) is 0 Å². The second-order valence-electron chi connectivity index (χ2n) is 5.55. The van der Waals surface area contributed by atoms with Gasteiger partial charge >= 0.3 is 0 Å². The number of methoxy groups -OCH3 is 2. The van der Waals surface area contributed by atoms with E-state index < -0.39 is 0 Å². The molecule has 0 bridgehead atoms. The van der Waals surface area contributed by atoms with Crippen LogP contribution in [-0.4, -0.2) is 20.8 Å². The third-order valence-corrected chi connectivity index (χ3v) is 4.56. The predicted octanol–water partition coefficient (Wildman–Crippen LogP) is 3.17. The largest absolute Gasteiger partial charge is 0.497 e. The lowest BCUT2D eigenvalue weighted by Gasteiger charge is -2.38. The highest BCUT2D eigenvalue weighted by Gasteiger charge is 2.34. The summed E-state index contributed by atoms with van der Waals surface area (Å²) in [5.41, 5.74) is 8.76. The van der Waals surface area contributed by atoms with Crippen molar-refractivity contribution >= 4 is 0 Å². The molecule has 3 nitrogen and oxygen atoms in total. The van der Waals surface area contributed by atoms with Crippen LogP contribution >= 0.6 is 0 Å². The Morgan fingerprint density at radius 3 is 2.32 bits per heavy atom. The van der Waals surface area contributed by atoms with Gasteiger partial charge in [0.2, 0.25) is 0 Å². The molecular formula is C16H25NO2. The monoisotopic (exact) mass is 263 g/mol. The van der Waals surface area contributed by atoms with E-state index in [1.54, 1.807) is 14.2 Å². The van der Waals surface area contributed by atoms with Crippen LogP contribution in [0.15, 0.2) is 12.1 Å². The highest BCUT2D eigenvalue weighted by atomic mass is 16.5. The first-order valence-corrected chi connectivity index (χ1v) is 7.10. The van der Waals surface area contributed by atoms with Crippen LogP contribution < -0.4 is 15.2 Å². The molecule has 1 fully saturated rings. The second kappa shape index (κ2) is 5.83. The molecule has 1 aliphatic carbocycles. The highest BCUT2D eigenvalue weighted by molar-refractivity contribution is 5.49. The van der Waals surface area contributed by atoms with Gasteiger partial charge in [-0.1, -0.05) is 19.3 Å². The zero-order valence-electron chi connectivity index (χ0n) is 12.3. The average Bonchev–Trinajstić information content (AvgIpc) is 2.48. The molecule has 19 heavy (non-hydrogen) atoms. The van der Waals surface area contributed by atoms with Crippen LogP contribution in [0, 0.1) is 6.92 Å². The molecule has 1 aromatic carbocycles. The van der Waals surface area contributed by atoms with Gasteiger partial charge in [0.1, 0.15) is 11.5 Å². The van der Waals surface area contributed by atoms with Crippen LogP contribution in [0.2, 0.25) is 0 Å². The molecule has 1 saturated carbocycles. The lowest BCUT2D eigenvalue weighted by atomic mass is 9.68. The first-order chi connectivity index (χ1) is 9.16. The minimum atomic E-state index is 0.101. The quantitative estimate of drug-likeness (QED) is 0.907. The Balaban J connectivity index is 2.52. The number of rotatable bonds is 4. The fraction of sp³-hybridized carbons (Fsp3) is 0.625. The van der Waals surface area contributed by atoms with Gasteiger partial charge in [0.25, 0.3) is 0 Å². The van der Waals surface area contributed by atoms with E-state index in [1.165, 1.54) is 43.2 Å². The topological polar surface area (TPSA) is 44.5 Å². The van der Waals surface area contributed by atoms with E-state index in [-0.39, 0.29) is 5.41 Å². The predicted molar refractivity (Wildman–Crippen MR) is 78.1 cm³/mol. The highest BCUT2D eigenvalue weighted by Crippen LogP contribution is 2.43. The molecule has 0 aliphatic heterocycles. The van der Waals surface area contributed by atoms with Crippen molar-refractivity contribution < 1.29 is 9.47 Å². The third kappa shape index (κ3) is 2.57. The lowest BCUT2D eigenvalue weighted by molar-refractivity contribution is 0.296. The molecule has 2 rings (SSSR count). The van der Waals surface area contributed by atoms with Crippen molar-refractivity contribution in [3.63, 3.8) is 0 Å². The van der Waals surface area contributed by atoms with E-state index in [9.17, 15) is 0 Å². The van der Waals surface area contributed by atoms with Crippen LogP contribution in [0.3, 0.4) is 0 Å². The van der Waals surface area contributed by atoms with Crippen molar-refractivity contribution in [2.24, 2.45) is 5.73 Å². The van der Waals surface area contributed by atoms with Gasteiger partial charge < -0.3 is 15.2 Å². The summed E-state index contributed by atoms with van der Waals surface area (Å²) >= 11 is 0. The molecule has 0 amide bonds. The molecule has 0 heterocycles. The molecule has 0 saturated heterocycles. The minimum absolute atomic E-state index is 0.101. The maximum absolute atomic E-state index is 6.14. The van der Waals surface area contributed by atoms with Gasteiger partial charge in [-0.25, -0.2) is 0 Å². The van der Waals surface area contributed by atoms with Crippen LogP contribution in [0.5, 0.6) is 11.5 Å². The Morgan fingerprint density at radius 2 is 1.79 bits per heavy atom. The van der Waals surface area contributed by atoms with Gasteiger partial charge in [0, 0.05) is 18.0 Å². The van der Waals surface area contributed by atoms with Crippen molar-refractivity contribution in [3.05, 3.63) is 23.3 Å². The molecule has 0 spiro atoms. The Morgan fingerprint density at radius 1 is 1.11 bits per heavy atom. The van der Waals surface area contributed by atoms with Crippen LogP contribution in [0.4, 0.5) is 0 Å². The molecule has 0 unspecified atom stereocenters. The molecule has 0 atom stereocenters. The van der Waals surface area contributed by atoms with Crippen LogP contribution in [0.25, 0.3) is 0 Å². The second-order valence-corrected chi connectivity index (χ2v) is 5.55. The Hall–Kier alpha value is -1.22. The van der Waals surface area contributed by atoms with Crippen molar-refractivity contribution in [1.29, 1.82) is 0 Å². The lowest BCUT2D eigenvalue weighted by Crippen LogP contribution is -2.37. The Bertz CT molecular complexity index is 437. The van der Waals surface area contributed by atoms with E-state index in [0.717, 1.165) is 11.5 Å². The summed E-state index contributed by atoms with van der Waals surface area (Å²) in [5, 5.41) is 0. The van der Waals surface area contributed by atoms with E-state index >= 15 is 0 Å². The summed E-state index contributed by atoms with van der Waals surface area (Å²) in [4.78, 5) is 0. The number of hydrogen-bond donors (Lipinski definition) is 1. The van der Waals surface area contributed by atoms with Crippen molar-refractivity contribution in [1.82, 2.24) is 0 Å². The van der Waals surface area contributed by atoms with Crippen LogP contribution in [-0.2, 0) is 5.41 Å². The average molecular weight is 263 g/mol. The normalized spacial score (nSPS) is 18.1. The third-order valence-electron chi connectivity index (χ3n) is 4.56. The van der Waals surface area contributed by atoms with Crippen molar-refractivity contribution in [3.8, 4) is 11.5 Å². The fourth-order valence-corrected chi connectivity index (χ4v) is 3.36. The van der Waals surface area contributed by atoms with Gasteiger partial charge in [0.05, 0.1) is 14.2 Å². The number of benzene rings is 1. The molecule has 2 N–H and O–H groups in total. The van der Waals surface area contributed by atoms with E-state index in [2.05, 4.69) is 13.0 Å². The fourth-order valence-electron chi connectivity index (χ4n) is 3.36. The molecule has 0 radical (unpaired) electrons. The maximum atomic E-state index is 6.14. The summed E-state index contributed by atoms with van der Waals surface area (Å²) in [7, 11) is 3.41. The number of hydrogen-bond acceptors (Lipinski definition) is 3. The number of nitrogens with two attached hydrogens (primary N) is 1. The van der Waals surface area contributed by atoms with Gasteiger partial charge in [-0.05, 0) is 37.0 Å². The molecule has 106 valence electrons. The Labute approximate surface area is 116 Å². The minimum Gasteiger partial charge on any atom is -0.497 e. The van der Waals surface area contributed by atoms with E-state index in [4.69, 9.17) is 15.2 Å². The standard InChI is InChI=1S/C16H25NO2/c1-12-14(9-13(18-2)10-15(12)19-3)16(11-17)7-5-4-6-8-16/h9-10H,4-8,11,17H2,1-3H3. The molecule has 1 aliphatic rings. The summed E-state index contributed by atoms with van der Waals surface area (Å²) < 4.78 is 10.9. The van der Waals surface area contributed by atoms with Crippen LogP contribution in [0.1, 0.15) is 43.2 Å². The maximum Gasteiger partial charge on any atom is 0.125 e. The molecule has 0 aromatic heterocycles. The number of ether oxygens (including phenoxy) is 2. The Kier molecular flexibility index (Phi) is 4.35. The van der Waals surface area contributed by atoms with Crippen molar-refractivity contribution in [2.45, 2.75) is 44.4 Å². The summed E-state index contributed by atoms with van der Waals surface area (Å²) in [6.07, 6.45) is 6.18. The first-order valence-electron chi connectivity index (χ1n) is 7.10. The van der Waals surface area contributed by atoms with Crippen molar-refractivity contribution in [2.75, 3.05) is 20.8 Å². The van der Waals surface area contributed by atoms with E-state index in [1.807, 2.05) is 6.07 Å². The van der Waals surface area contributed by atoms with E-state index in [0.29, 0.717) is 6.54 Å². The zero-order chi connectivity index (χ0) is 13.9. The SMILES string of the molecule is COc1cc(OC)c(C)c(C2(CN)CCCCC2)c1. The van der Waals surface area contributed by atoms with Gasteiger partial charge in [-0.3, -0.25) is 0 Å². The first kappa shape index (κ1) is 14.2. The van der Waals surface area contributed by atoms with Gasteiger partial charge in [-0.2, -0.15) is 0 Å². The summed E-state index contributed by atoms with van der Waals surface area (Å²) in [5.74, 6) is 1.75. The summed E-state index contributed by atoms with van der Waals surface area (Å²) in [6, 6.07) is 4.10.